The third-order valence-electron chi connectivity index (χ3n) is 2.58. The van der Waals surface area contributed by atoms with E-state index in [1.54, 1.807) is 6.20 Å². The van der Waals surface area contributed by atoms with Gasteiger partial charge in [0.2, 0.25) is 5.88 Å². The SMILES string of the molecule is CCCCCCCCOc1ncc(Br)cc1N. The first-order valence-corrected chi connectivity index (χ1v) is 7.07. The van der Waals surface area contributed by atoms with E-state index < -0.39 is 0 Å². The van der Waals surface area contributed by atoms with Crippen LogP contribution in [0.3, 0.4) is 0 Å². The molecule has 4 heteroatoms. The molecule has 0 aromatic carbocycles. The number of halogens is 1. The lowest BCUT2D eigenvalue weighted by Gasteiger charge is -2.07. The highest BCUT2D eigenvalue weighted by Crippen LogP contribution is 2.22. The van der Waals surface area contributed by atoms with Crippen molar-refractivity contribution in [2.75, 3.05) is 12.3 Å². The monoisotopic (exact) mass is 300 g/mol. The largest absolute Gasteiger partial charge is 0.476 e. The Morgan fingerprint density at radius 1 is 1.24 bits per heavy atom. The zero-order chi connectivity index (χ0) is 12.5. The lowest BCUT2D eigenvalue weighted by Crippen LogP contribution is -2.02. The normalized spacial score (nSPS) is 10.5. The summed E-state index contributed by atoms with van der Waals surface area (Å²) in [6.07, 6.45) is 9.23. The number of nitrogen functional groups attached to an aromatic ring is 1. The molecule has 0 saturated carbocycles. The van der Waals surface area contributed by atoms with Crippen LogP contribution in [-0.4, -0.2) is 11.6 Å². The van der Waals surface area contributed by atoms with Gasteiger partial charge in [0.1, 0.15) is 0 Å². The Bertz CT molecular complexity index is 331. The molecule has 1 heterocycles. The predicted octanol–water partition coefficient (Wildman–Crippen LogP) is 4.17. The fourth-order valence-corrected chi connectivity index (χ4v) is 1.96. The highest BCUT2D eigenvalue weighted by Gasteiger charge is 2.02. The average molecular weight is 301 g/mol. The second-order valence-electron chi connectivity index (χ2n) is 4.16. The summed E-state index contributed by atoms with van der Waals surface area (Å²) in [5.74, 6) is 0.543. The molecule has 0 spiro atoms. The van der Waals surface area contributed by atoms with E-state index in [1.807, 2.05) is 6.07 Å². The molecule has 0 aliphatic carbocycles. The first-order valence-electron chi connectivity index (χ1n) is 6.28. The van der Waals surface area contributed by atoms with E-state index in [-0.39, 0.29) is 0 Å². The van der Waals surface area contributed by atoms with E-state index in [9.17, 15) is 0 Å². The molecule has 0 aliphatic heterocycles. The Kier molecular flexibility index (Phi) is 7.01. The summed E-state index contributed by atoms with van der Waals surface area (Å²) in [6, 6.07) is 1.81. The lowest BCUT2D eigenvalue weighted by molar-refractivity contribution is 0.295. The molecule has 0 bridgehead atoms. The van der Waals surface area contributed by atoms with E-state index in [2.05, 4.69) is 27.8 Å². The number of hydrogen-bond donors (Lipinski definition) is 1. The first-order chi connectivity index (χ1) is 8.24. The molecule has 17 heavy (non-hydrogen) atoms. The molecule has 0 fully saturated rings. The maximum absolute atomic E-state index is 5.78. The van der Waals surface area contributed by atoms with Crippen LogP contribution in [0.5, 0.6) is 5.88 Å². The molecule has 0 atom stereocenters. The van der Waals surface area contributed by atoms with Crippen molar-refractivity contribution in [2.24, 2.45) is 0 Å². The molecule has 2 N–H and O–H groups in total. The van der Waals surface area contributed by atoms with Gasteiger partial charge in [0.05, 0.1) is 12.3 Å². The van der Waals surface area contributed by atoms with Gasteiger partial charge in [-0.25, -0.2) is 4.98 Å². The van der Waals surface area contributed by atoms with Crippen LogP contribution >= 0.6 is 15.9 Å². The van der Waals surface area contributed by atoms with E-state index in [4.69, 9.17) is 10.5 Å². The summed E-state index contributed by atoms with van der Waals surface area (Å²) in [7, 11) is 0. The van der Waals surface area contributed by atoms with Crippen molar-refractivity contribution >= 4 is 21.6 Å². The minimum Gasteiger partial charge on any atom is -0.476 e. The summed E-state index contributed by atoms with van der Waals surface area (Å²) < 4.78 is 6.42. The van der Waals surface area contributed by atoms with Crippen molar-refractivity contribution in [3.63, 3.8) is 0 Å². The minimum atomic E-state index is 0.543. The first kappa shape index (κ1) is 14.3. The van der Waals surface area contributed by atoms with Crippen LogP contribution in [0.15, 0.2) is 16.7 Å². The van der Waals surface area contributed by atoms with Crippen molar-refractivity contribution in [2.45, 2.75) is 45.4 Å². The highest BCUT2D eigenvalue weighted by atomic mass is 79.9. The van der Waals surface area contributed by atoms with Gasteiger partial charge in [-0.15, -0.1) is 0 Å². The summed E-state index contributed by atoms with van der Waals surface area (Å²) in [5, 5.41) is 0. The molecule has 0 amide bonds. The third kappa shape index (κ3) is 5.91. The smallest absolute Gasteiger partial charge is 0.237 e. The average Bonchev–Trinajstić information content (AvgIpc) is 2.30. The van der Waals surface area contributed by atoms with Gasteiger partial charge in [0, 0.05) is 10.7 Å². The maximum Gasteiger partial charge on any atom is 0.237 e. The Balaban J connectivity index is 2.14. The zero-order valence-corrected chi connectivity index (χ0v) is 12.0. The van der Waals surface area contributed by atoms with Crippen LogP contribution in [0.1, 0.15) is 45.4 Å². The number of aromatic nitrogens is 1. The van der Waals surface area contributed by atoms with Crippen LogP contribution in [0.2, 0.25) is 0 Å². The topological polar surface area (TPSA) is 48.1 Å². The number of unbranched alkanes of at least 4 members (excludes halogenated alkanes) is 5. The van der Waals surface area contributed by atoms with Gasteiger partial charge in [-0.05, 0) is 28.4 Å². The standard InChI is InChI=1S/C13H21BrN2O/c1-2-3-4-5-6-7-8-17-13-12(15)9-11(14)10-16-13/h9-10H,2-8,15H2,1H3. The van der Waals surface area contributed by atoms with E-state index >= 15 is 0 Å². The molecule has 3 nitrogen and oxygen atoms in total. The van der Waals surface area contributed by atoms with Gasteiger partial charge in [-0.3, -0.25) is 0 Å². The maximum atomic E-state index is 5.78. The Hall–Kier alpha value is -0.770. The number of nitrogens with zero attached hydrogens (tertiary/aromatic N) is 1. The molecule has 96 valence electrons. The second kappa shape index (κ2) is 8.34. The van der Waals surface area contributed by atoms with Crippen LogP contribution in [0, 0.1) is 0 Å². The third-order valence-corrected chi connectivity index (χ3v) is 3.02. The Morgan fingerprint density at radius 2 is 1.94 bits per heavy atom. The lowest BCUT2D eigenvalue weighted by atomic mass is 10.1. The van der Waals surface area contributed by atoms with Gasteiger partial charge in [0.15, 0.2) is 0 Å². The number of rotatable bonds is 8. The number of pyridine rings is 1. The van der Waals surface area contributed by atoms with Crippen molar-refractivity contribution in [1.82, 2.24) is 4.98 Å². The van der Waals surface area contributed by atoms with Crippen molar-refractivity contribution < 1.29 is 4.74 Å². The number of hydrogen-bond acceptors (Lipinski definition) is 3. The zero-order valence-electron chi connectivity index (χ0n) is 10.4. The van der Waals surface area contributed by atoms with E-state index in [1.165, 1.54) is 32.1 Å². The Labute approximate surface area is 112 Å². The second-order valence-corrected chi connectivity index (χ2v) is 5.08. The number of anilines is 1. The molecule has 1 aromatic rings. The quantitative estimate of drug-likeness (QED) is 0.733. The molecule has 0 saturated heterocycles. The molecule has 0 aliphatic rings. The number of ether oxygens (including phenoxy) is 1. The summed E-state index contributed by atoms with van der Waals surface area (Å²) in [6.45, 7) is 2.93. The van der Waals surface area contributed by atoms with Crippen LogP contribution in [-0.2, 0) is 0 Å². The van der Waals surface area contributed by atoms with Crippen molar-refractivity contribution in [1.29, 1.82) is 0 Å². The molecule has 1 rings (SSSR count). The highest BCUT2D eigenvalue weighted by molar-refractivity contribution is 9.10. The van der Waals surface area contributed by atoms with Crippen LogP contribution < -0.4 is 10.5 Å². The minimum absolute atomic E-state index is 0.543. The molecule has 0 radical (unpaired) electrons. The van der Waals surface area contributed by atoms with Crippen LogP contribution in [0.4, 0.5) is 5.69 Å². The molecular weight excluding hydrogens is 280 g/mol. The predicted molar refractivity (Wildman–Crippen MR) is 75.2 cm³/mol. The molecule has 0 unspecified atom stereocenters. The fourth-order valence-electron chi connectivity index (χ4n) is 1.61. The summed E-state index contributed by atoms with van der Waals surface area (Å²) in [5.41, 5.74) is 6.37. The number of nitrogens with two attached hydrogens (primary N) is 1. The van der Waals surface area contributed by atoms with Gasteiger partial charge in [-0.1, -0.05) is 39.0 Å². The van der Waals surface area contributed by atoms with Gasteiger partial charge >= 0.3 is 0 Å². The van der Waals surface area contributed by atoms with Gasteiger partial charge in [0.25, 0.3) is 0 Å². The van der Waals surface area contributed by atoms with E-state index in [0.29, 0.717) is 18.2 Å². The fraction of sp³-hybridized carbons (Fsp3) is 0.615. The van der Waals surface area contributed by atoms with Gasteiger partial charge < -0.3 is 10.5 Å². The summed E-state index contributed by atoms with van der Waals surface area (Å²) >= 11 is 3.32. The Morgan fingerprint density at radius 3 is 2.65 bits per heavy atom. The van der Waals surface area contributed by atoms with Crippen LogP contribution in [0.25, 0.3) is 0 Å². The van der Waals surface area contributed by atoms with E-state index in [0.717, 1.165) is 10.9 Å². The summed E-state index contributed by atoms with van der Waals surface area (Å²) in [4.78, 5) is 4.13. The molecular formula is C13H21BrN2O. The van der Waals surface area contributed by atoms with Gasteiger partial charge in [-0.2, -0.15) is 0 Å². The molecule has 1 aromatic heterocycles. The van der Waals surface area contributed by atoms with Crippen molar-refractivity contribution in [3.05, 3.63) is 16.7 Å². The van der Waals surface area contributed by atoms with Crippen molar-refractivity contribution in [3.8, 4) is 5.88 Å².